The van der Waals surface area contributed by atoms with Gasteiger partial charge in [-0.1, -0.05) is 5.16 Å². The summed E-state index contributed by atoms with van der Waals surface area (Å²) in [5.74, 6) is 2.46. The summed E-state index contributed by atoms with van der Waals surface area (Å²) in [6, 6.07) is 5.55. The quantitative estimate of drug-likeness (QED) is 0.814. The molecule has 1 saturated heterocycles. The van der Waals surface area contributed by atoms with E-state index >= 15 is 0 Å². The highest BCUT2D eigenvalue weighted by Crippen LogP contribution is 2.35. The Kier molecular flexibility index (Phi) is 4.61. The fraction of sp³-hybridized carbons (Fsp3) is 0.471. The third-order valence-electron chi connectivity index (χ3n) is 4.36. The van der Waals surface area contributed by atoms with Crippen LogP contribution in [0.3, 0.4) is 0 Å². The molecule has 2 aromatic rings. The Hall–Kier alpha value is -2.81. The number of piperazine rings is 1. The third kappa shape index (κ3) is 3.43. The van der Waals surface area contributed by atoms with Crippen molar-refractivity contribution in [3.05, 3.63) is 24.1 Å². The van der Waals surface area contributed by atoms with Crippen molar-refractivity contribution >= 4 is 6.09 Å². The molecule has 3 heterocycles. The number of aromatic nitrogens is 2. The monoisotopic (exact) mass is 360 g/mol. The van der Waals surface area contributed by atoms with Crippen LogP contribution in [0.4, 0.5) is 4.79 Å². The molecular formula is C17H20N4O5. The minimum Gasteiger partial charge on any atom is -0.454 e. The second-order valence-electron chi connectivity index (χ2n) is 6.04. The number of ether oxygens (including phenoxy) is 3. The number of fused-ring (bicyclic) bond motifs is 1. The van der Waals surface area contributed by atoms with Crippen LogP contribution in [0.2, 0.25) is 0 Å². The molecular weight excluding hydrogens is 340 g/mol. The van der Waals surface area contributed by atoms with E-state index in [4.69, 9.17) is 18.7 Å². The van der Waals surface area contributed by atoms with Gasteiger partial charge in [0.2, 0.25) is 18.5 Å². The summed E-state index contributed by atoms with van der Waals surface area (Å²) in [5.41, 5.74) is 0.816. The Bertz CT molecular complexity index is 785. The number of carbonyl (C=O) groups excluding carboxylic acids is 1. The summed E-state index contributed by atoms with van der Waals surface area (Å²) in [6.45, 7) is 5.71. The maximum atomic E-state index is 11.7. The van der Waals surface area contributed by atoms with Gasteiger partial charge in [-0.25, -0.2) is 4.79 Å². The number of hydrogen-bond acceptors (Lipinski definition) is 8. The molecule has 26 heavy (non-hydrogen) atoms. The number of carbonyl (C=O) groups is 1. The summed E-state index contributed by atoms with van der Waals surface area (Å²) in [7, 11) is 0. The lowest BCUT2D eigenvalue weighted by atomic mass is 10.2. The molecule has 0 spiro atoms. The van der Waals surface area contributed by atoms with Crippen molar-refractivity contribution in [1.82, 2.24) is 19.9 Å². The van der Waals surface area contributed by atoms with Crippen molar-refractivity contribution in [2.45, 2.75) is 13.5 Å². The van der Waals surface area contributed by atoms with Crippen LogP contribution in [-0.2, 0) is 11.3 Å². The second-order valence-corrected chi connectivity index (χ2v) is 6.04. The van der Waals surface area contributed by atoms with Crippen LogP contribution in [0.15, 0.2) is 22.7 Å². The summed E-state index contributed by atoms with van der Waals surface area (Å²) in [5, 5.41) is 4.05. The van der Waals surface area contributed by atoms with E-state index in [1.807, 2.05) is 25.1 Å². The molecule has 2 aliphatic heterocycles. The molecule has 1 aromatic heterocycles. The van der Waals surface area contributed by atoms with Crippen LogP contribution in [0.1, 0.15) is 12.8 Å². The van der Waals surface area contributed by atoms with E-state index < -0.39 is 0 Å². The maximum Gasteiger partial charge on any atom is 0.409 e. The first-order valence-corrected chi connectivity index (χ1v) is 8.59. The summed E-state index contributed by atoms with van der Waals surface area (Å²) in [6.07, 6.45) is -0.255. The van der Waals surface area contributed by atoms with Crippen LogP contribution in [0, 0.1) is 0 Å². The van der Waals surface area contributed by atoms with Crippen molar-refractivity contribution in [3.8, 4) is 22.9 Å². The molecule has 0 bridgehead atoms. The first-order valence-electron chi connectivity index (χ1n) is 8.59. The Balaban J connectivity index is 1.35. The Morgan fingerprint density at radius 2 is 2.00 bits per heavy atom. The van der Waals surface area contributed by atoms with Gasteiger partial charge in [0.15, 0.2) is 11.5 Å². The van der Waals surface area contributed by atoms with Crippen LogP contribution < -0.4 is 9.47 Å². The molecule has 0 unspecified atom stereocenters. The van der Waals surface area contributed by atoms with E-state index in [0.29, 0.717) is 43.7 Å². The molecule has 0 saturated carbocycles. The Morgan fingerprint density at radius 1 is 1.19 bits per heavy atom. The van der Waals surface area contributed by atoms with Crippen LogP contribution in [0.5, 0.6) is 11.5 Å². The Morgan fingerprint density at radius 3 is 2.81 bits per heavy atom. The minimum atomic E-state index is -0.255. The van der Waals surface area contributed by atoms with Crippen molar-refractivity contribution in [3.63, 3.8) is 0 Å². The summed E-state index contributed by atoms with van der Waals surface area (Å²) in [4.78, 5) is 20.1. The van der Waals surface area contributed by atoms with E-state index in [9.17, 15) is 4.79 Å². The molecule has 0 radical (unpaired) electrons. The standard InChI is InChI=1S/C17H20N4O5/c1-2-23-17(22)21-7-5-20(6-8-21)10-15-18-16(19-26-15)12-3-4-13-14(9-12)25-11-24-13/h3-4,9H,2,5-8,10-11H2,1H3. The zero-order chi connectivity index (χ0) is 17.9. The molecule has 0 N–H and O–H groups in total. The summed E-state index contributed by atoms with van der Waals surface area (Å²) >= 11 is 0. The van der Waals surface area contributed by atoms with Crippen molar-refractivity contribution in [2.75, 3.05) is 39.6 Å². The zero-order valence-corrected chi connectivity index (χ0v) is 14.5. The molecule has 2 aliphatic rings. The van der Waals surface area contributed by atoms with E-state index in [1.54, 1.807) is 4.90 Å². The minimum absolute atomic E-state index is 0.230. The molecule has 0 atom stereocenters. The van der Waals surface area contributed by atoms with Gasteiger partial charge in [0.05, 0.1) is 13.2 Å². The fourth-order valence-electron chi connectivity index (χ4n) is 2.97. The van der Waals surface area contributed by atoms with Gasteiger partial charge in [-0.2, -0.15) is 4.98 Å². The molecule has 0 aliphatic carbocycles. The van der Waals surface area contributed by atoms with Gasteiger partial charge in [0, 0.05) is 31.7 Å². The highest BCUT2D eigenvalue weighted by molar-refractivity contribution is 5.67. The molecule has 4 rings (SSSR count). The average molecular weight is 360 g/mol. The van der Waals surface area contributed by atoms with E-state index in [1.165, 1.54) is 0 Å². The number of hydrogen-bond donors (Lipinski definition) is 0. The molecule has 1 aromatic carbocycles. The predicted molar refractivity (Wildman–Crippen MR) is 89.7 cm³/mol. The van der Waals surface area contributed by atoms with Gasteiger partial charge in [0.25, 0.3) is 0 Å². The lowest BCUT2D eigenvalue weighted by Crippen LogP contribution is -2.48. The van der Waals surface area contributed by atoms with E-state index in [-0.39, 0.29) is 12.9 Å². The first kappa shape index (κ1) is 16.6. The Labute approximate surface area is 150 Å². The maximum absolute atomic E-state index is 11.7. The van der Waals surface area contributed by atoms with Crippen LogP contribution >= 0.6 is 0 Å². The topological polar surface area (TPSA) is 90.2 Å². The summed E-state index contributed by atoms with van der Waals surface area (Å²) < 4.78 is 21.1. The smallest absolute Gasteiger partial charge is 0.409 e. The number of amides is 1. The van der Waals surface area contributed by atoms with Crippen molar-refractivity contribution in [2.24, 2.45) is 0 Å². The second kappa shape index (κ2) is 7.20. The first-order chi connectivity index (χ1) is 12.7. The van der Waals surface area contributed by atoms with Gasteiger partial charge < -0.3 is 23.6 Å². The van der Waals surface area contributed by atoms with E-state index in [0.717, 1.165) is 24.4 Å². The highest BCUT2D eigenvalue weighted by Gasteiger charge is 2.23. The average Bonchev–Trinajstić information content (AvgIpc) is 3.31. The lowest BCUT2D eigenvalue weighted by molar-refractivity contribution is 0.0749. The number of nitrogens with zero attached hydrogens (tertiary/aromatic N) is 4. The van der Waals surface area contributed by atoms with Crippen LogP contribution in [-0.4, -0.2) is 65.6 Å². The molecule has 9 nitrogen and oxygen atoms in total. The third-order valence-corrected chi connectivity index (χ3v) is 4.36. The molecule has 1 fully saturated rings. The fourth-order valence-corrected chi connectivity index (χ4v) is 2.97. The zero-order valence-electron chi connectivity index (χ0n) is 14.5. The molecule has 138 valence electrons. The number of benzene rings is 1. The van der Waals surface area contributed by atoms with Gasteiger partial charge in [-0.05, 0) is 25.1 Å². The predicted octanol–water partition coefficient (Wildman–Crippen LogP) is 1.74. The molecule has 9 heteroatoms. The van der Waals surface area contributed by atoms with Crippen molar-refractivity contribution in [1.29, 1.82) is 0 Å². The normalized spacial score (nSPS) is 16.7. The lowest BCUT2D eigenvalue weighted by Gasteiger charge is -2.33. The highest BCUT2D eigenvalue weighted by atomic mass is 16.7. The van der Waals surface area contributed by atoms with Crippen molar-refractivity contribution < 1.29 is 23.5 Å². The van der Waals surface area contributed by atoms with Crippen LogP contribution in [0.25, 0.3) is 11.4 Å². The van der Waals surface area contributed by atoms with Gasteiger partial charge >= 0.3 is 6.09 Å². The largest absolute Gasteiger partial charge is 0.454 e. The van der Waals surface area contributed by atoms with Gasteiger partial charge in [-0.15, -0.1) is 0 Å². The number of rotatable bonds is 4. The van der Waals surface area contributed by atoms with E-state index in [2.05, 4.69) is 15.0 Å². The molecule has 1 amide bonds. The van der Waals surface area contributed by atoms with Gasteiger partial charge in [-0.3, -0.25) is 4.90 Å². The van der Waals surface area contributed by atoms with Gasteiger partial charge in [0.1, 0.15) is 0 Å². The SMILES string of the molecule is CCOC(=O)N1CCN(Cc2nc(-c3ccc4c(c3)OCO4)no2)CC1.